The summed E-state index contributed by atoms with van der Waals surface area (Å²) in [7, 11) is 0. The van der Waals surface area contributed by atoms with Gasteiger partial charge in [-0.25, -0.2) is 0 Å². The van der Waals surface area contributed by atoms with Crippen LogP contribution in [0.2, 0.25) is 0 Å². The van der Waals surface area contributed by atoms with Gasteiger partial charge in [0.2, 0.25) is 5.91 Å². The van der Waals surface area contributed by atoms with Gasteiger partial charge < -0.3 is 9.64 Å². The molecule has 2 unspecified atom stereocenters. The monoisotopic (exact) mass is 391 g/mol. The van der Waals surface area contributed by atoms with Gasteiger partial charge in [-0.05, 0) is 69.1 Å². The number of thiophene rings is 1. The first-order chi connectivity index (χ1) is 13.1. The second kappa shape index (κ2) is 8.60. The molecule has 0 saturated carbocycles. The maximum atomic E-state index is 12.7. The predicted octanol–water partition coefficient (Wildman–Crippen LogP) is 2.45. The molecule has 0 bridgehead atoms. The summed E-state index contributed by atoms with van der Waals surface area (Å²) >= 11 is 1.83. The molecule has 5 nitrogen and oxygen atoms in total. The number of ether oxygens (including phenoxy) is 1. The number of piperidine rings is 1. The molecule has 1 amide bonds. The number of carbonyl (C=O) groups is 1. The summed E-state index contributed by atoms with van der Waals surface area (Å²) in [6.45, 7) is 12.1. The number of nitrogens with zero attached hydrogens (tertiary/aromatic N) is 3. The Morgan fingerprint density at radius 1 is 1.15 bits per heavy atom. The van der Waals surface area contributed by atoms with Gasteiger partial charge in [-0.15, -0.1) is 11.3 Å². The zero-order valence-electron chi connectivity index (χ0n) is 16.7. The van der Waals surface area contributed by atoms with E-state index in [2.05, 4.69) is 40.0 Å². The minimum atomic E-state index is 0.307. The molecule has 150 valence electrons. The zero-order valence-corrected chi connectivity index (χ0v) is 17.5. The Kier molecular flexibility index (Phi) is 6.17. The van der Waals surface area contributed by atoms with Gasteiger partial charge in [0.25, 0.3) is 0 Å². The highest BCUT2D eigenvalue weighted by Gasteiger charge is 2.28. The van der Waals surface area contributed by atoms with E-state index >= 15 is 0 Å². The molecule has 27 heavy (non-hydrogen) atoms. The molecule has 2 atom stereocenters. The summed E-state index contributed by atoms with van der Waals surface area (Å²) in [5, 5.41) is 2.15. The van der Waals surface area contributed by atoms with Crippen LogP contribution in [0.15, 0.2) is 11.4 Å². The lowest BCUT2D eigenvalue weighted by molar-refractivity contribution is -0.133. The fourth-order valence-corrected chi connectivity index (χ4v) is 5.77. The fraction of sp³-hybridized carbons (Fsp3) is 0.762. The number of carbonyl (C=O) groups excluding carboxylic acids is 1. The SMILES string of the molecule is CC1CN(CC2CCN(CC(=O)N3CCc4sccc4C3)CC2)CC(C)O1. The molecule has 1 aromatic rings. The Bertz CT molecular complexity index is 631. The van der Waals surface area contributed by atoms with Crippen molar-refractivity contribution in [3.8, 4) is 0 Å². The van der Waals surface area contributed by atoms with Crippen LogP contribution in [0.3, 0.4) is 0 Å². The Balaban J connectivity index is 1.20. The highest BCUT2D eigenvalue weighted by atomic mass is 32.1. The second-order valence-electron chi connectivity index (χ2n) is 8.63. The summed E-state index contributed by atoms with van der Waals surface area (Å²) in [5.41, 5.74) is 1.35. The molecule has 0 aliphatic carbocycles. The van der Waals surface area contributed by atoms with E-state index in [-0.39, 0.29) is 0 Å². The molecular formula is C21H33N3O2S. The number of hydrogen-bond acceptors (Lipinski definition) is 5. The first kappa shape index (κ1) is 19.4. The molecular weight excluding hydrogens is 358 g/mol. The average molecular weight is 392 g/mol. The summed E-state index contributed by atoms with van der Waals surface area (Å²) in [5.74, 6) is 1.07. The van der Waals surface area contributed by atoms with Crippen LogP contribution in [-0.2, 0) is 22.5 Å². The van der Waals surface area contributed by atoms with E-state index < -0.39 is 0 Å². The summed E-state index contributed by atoms with van der Waals surface area (Å²) in [6.07, 6.45) is 4.14. The van der Waals surface area contributed by atoms with Crippen LogP contribution in [0.25, 0.3) is 0 Å². The molecule has 4 heterocycles. The number of hydrogen-bond donors (Lipinski definition) is 0. The van der Waals surface area contributed by atoms with Crippen molar-refractivity contribution in [2.24, 2.45) is 5.92 Å². The van der Waals surface area contributed by atoms with Crippen molar-refractivity contribution in [3.63, 3.8) is 0 Å². The predicted molar refractivity (Wildman–Crippen MR) is 109 cm³/mol. The van der Waals surface area contributed by atoms with Crippen molar-refractivity contribution >= 4 is 17.2 Å². The molecule has 2 saturated heterocycles. The van der Waals surface area contributed by atoms with Gasteiger partial charge in [-0.2, -0.15) is 0 Å². The van der Waals surface area contributed by atoms with Crippen LogP contribution in [0.5, 0.6) is 0 Å². The number of morpholine rings is 1. The van der Waals surface area contributed by atoms with Gasteiger partial charge in [0.1, 0.15) is 0 Å². The van der Waals surface area contributed by atoms with E-state index in [1.807, 2.05) is 11.3 Å². The van der Waals surface area contributed by atoms with Gasteiger partial charge in [-0.1, -0.05) is 0 Å². The minimum absolute atomic E-state index is 0.307. The van der Waals surface area contributed by atoms with Crippen molar-refractivity contribution in [2.45, 2.75) is 51.9 Å². The molecule has 0 aromatic carbocycles. The van der Waals surface area contributed by atoms with E-state index in [0.29, 0.717) is 24.7 Å². The lowest BCUT2D eigenvalue weighted by Gasteiger charge is -2.39. The van der Waals surface area contributed by atoms with Gasteiger partial charge in [0, 0.05) is 37.6 Å². The Morgan fingerprint density at radius 3 is 2.63 bits per heavy atom. The maximum Gasteiger partial charge on any atom is 0.237 e. The van der Waals surface area contributed by atoms with Crippen LogP contribution in [0, 0.1) is 5.92 Å². The second-order valence-corrected chi connectivity index (χ2v) is 9.63. The summed E-state index contributed by atoms with van der Waals surface area (Å²) in [4.78, 5) is 21.2. The summed E-state index contributed by atoms with van der Waals surface area (Å²) < 4.78 is 5.85. The maximum absolute atomic E-state index is 12.7. The van der Waals surface area contributed by atoms with Crippen LogP contribution < -0.4 is 0 Å². The third-order valence-electron chi connectivity index (χ3n) is 6.24. The van der Waals surface area contributed by atoms with Gasteiger partial charge in [0.15, 0.2) is 0 Å². The van der Waals surface area contributed by atoms with Crippen molar-refractivity contribution in [2.75, 3.05) is 45.8 Å². The lowest BCUT2D eigenvalue weighted by Crippen LogP contribution is -2.49. The topological polar surface area (TPSA) is 36.0 Å². The first-order valence-electron chi connectivity index (χ1n) is 10.5. The van der Waals surface area contributed by atoms with Crippen LogP contribution >= 0.6 is 11.3 Å². The van der Waals surface area contributed by atoms with Crippen molar-refractivity contribution in [3.05, 3.63) is 21.9 Å². The van der Waals surface area contributed by atoms with Gasteiger partial charge in [0.05, 0.1) is 18.8 Å². The van der Waals surface area contributed by atoms with E-state index in [1.165, 1.54) is 29.8 Å². The molecule has 3 aliphatic rings. The number of amides is 1. The Hall–Kier alpha value is -0.950. The summed E-state index contributed by atoms with van der Waals surface area (Å²) in [6, 6.07) is 2.18. The quantitative estimate of drug-likeness (QED) is 0.790. The fourth-order valence-electron chi connectivity index (χ4n) is 4.88. The zero-order chi connectivity index (χ0) is 18.8. The number of fused-ring (bicyclic) bond motifs is 1. The smallest absolute Gasteiger partial charge is 0.237 e. The van der Waals surface area contributed by atoms with E-state index in [0.717, 1.165) is 51.6 Å². The molecule has 0 radical (unpaired) electrons. The van der Waals surface area contributed by atoms with Crippen LogP contribution in [0.4, 0.5) is 0 Å². The highest BCUT2D eigenvalue weighted by Crippen LogP contribution is 2.25. The largest absolute Gasteiger partial charge is 0.373 e. The van der Waals surface area contributed by atoms with Gasteiger partial charge >= 0.3 is 0 Å². The number of likely N-dealkylation sites (tertiary alicyclic amines) is 1. The molecule has 1 aromatic heterocycles. The molecule has 4 rings (SSSR count). The van der Waals surface area contributed by atoms with Gasteiger partial charge in [-0.3, -0.25) is 14.6 Å². The van der Waals surface area contributed by atoms with Crippen LogP contribution in [-0.4, -0.2) is 78.6 Å². The molecule has 3 aliphatic heterocycles. The minimum Gasteiger partial charge on any atom is -0.373 e. The molecule has 2 fully saturated rings. The molecule has 6 heteroatoms. The van der Waals surface area contributed by atoms with E-state index in [4.69, 9.17) is 4.74 Å². The standard InChI is InChI=1S/C21H33N3O2S/c1-16-11-23(12-17(2)26-16)13-18-3-7-22(8-4-18)15-21(25)24-9-5-20-19(14-24)6-10-27-20/h6,10,16-18H,3-5,7-9,11-15H2,1-2H3. The Labute approximate surface area is 167 Å². The van der Waals surface area contributed by atoms with E-state index in [9.17, 15) is 4.79 Å². The molecule has 0 spiro atoms. The number of rotatable bonds is 4. The van der Waals surface area contributed by atoms with Crippen molar-refractivity contribution < 1.29 is 9.53 Å². The van der Waals surface area contributed by atoms with E-state index in [1.54, 1.807) is 0 Å². The highest BCUT2D eigenvalue weighted by molar-refractivity contribution is 7.10. The third-order valence-corrected chi connectivity index (χ3v) is 7.26. The third kappa shape index (κ3) is 4.91. The van der Waals surface area contributed by atoms with Crippen molar-refractivity contribution in [1.82, 2.24) is 14.7 Å². The van der Waals surface area contributed by atoms with Crippen LogP contribution in [0.1, 0.15) is 37.1 Å². The first-order valence-corrected chi connectivity index (χ1v) is 11.4. The molecule has 0 N–H and O–H groups in total. The lowest BCUT2D eigenvalue weighted by atomic mass is 9.95. The normalized spacial score (nSPS) is 28.3. The average Bonchev–Trinajstić information content (AvgIpc) is 3.10. The van der Waals surface area contributed by atoms with Crippen molar-refractivity contribution in [1.29, 1.82) is 0 Å². The Morgan fingerprint density at radius 2 is 1.89 bits per heavy atom.